The lowest BCUT2D eigenvalue weighted by Gasteiger charge is -2.21. The molecule has 1 N–H and O–H groups in total. The molecule has 0 unspecified atom stereocenters. The van der Waals surface area contributed by atoms with Gasteiger partial charge in [0.2, 0.25) is 0 Å². The van der Waals surface area contributed by atoms with Crippen molar-refractivity contribution < 1.29 is 4.79 Å². The Hall–Kier alpha value is -3.15. The number of carbonyl (C=O) groups is 1. The highest BCUT2D eigenvalue weighted by Crippen LogP contribution is 2.20. The van der Waals surface area contributed by atoms with Crippen LogP contribution in [0.1, 0.15) is 55.7 Å². The fraction of sp³-hybridized carbons (Fsp3) is 0.400. The first-order valence-corrected chi connectivity index (χ1v) is 11.3. The highest BCUT2D eigenvalue weighted by Gasteiger charge is 2.15. The fourth-order valence-corrected chi connectivity index (χ4v) is 4.28. The Labute approximate surface area is 182 Å². The molecular formula is C25H30N4O2. The highest BCUT2D eigenvalue weighted by molar-refractivity contribution is 6.06. The second kappa shape index (κ2) is 9.33. The molecule has 4 rings (SSSR count). The van der Waals surface area contributed by atoms with E-state index >= 15 is 0 Å². The second-order valence-electron chi connectivity index (χ2n) is 8.05. The summed E-state index contributed by atoms with van der Waals surface area (Å²) >= 11 is 0. The Kier molecular flexibility index (Phi) is 6.35. The number of amides is 1. The van der Waals surface area contributed by atoms with Crippen molar-refractivity contribution in [3.63, 3.8) is 0 Å². The Morgan fingerprint density at radius 1 is 1.03 bits per heavy atom. The first-order chi connectivity index (χ1) is 15.1. The molecule has 1 amide bonds. The van der Waals surface area contributed by atoms with E-state index in [1.807, 2.05) is 28.8 Å². The minimum Gasteiger partial charge on any atom is -0.372 e. The van der Waals surface area contributed by atoms with E-state index in [0.717, 1.165) is 62.5 Å². The SMILES string of the molecule is CCN(CC)c1ccc(NC(=O)c2ccc3c(=O)n4c(nc3c2)CCCCCC4)cc1. The summed E-state index contributed by atoms with van der Waals surface area (Å²) in [6, 6.07) is 13.0. The van der Waals surface area contributed by atoms with Crippen molar-refractivity contribution in [2.45, 2.75) is 52.5 Å². The van der Waals surface area contributed by atoms with Gasteiger partial charge in [-0.25, -0.2) is 4.98 Å². The van der Waals surface area contributed by atoms with Crippen molar-refractivity contribution in [2.24, 2.45) is 0 Å². The van der Waals surface area contributed by atoms with E-state index in [0.29, 0.717) is 16.5 Å². The first kappa shape index (κ1) is 21.1. The number of rotatable bonds is 5. The van der Waals surface area contributed by atoms with Crippen molar-refractivity contribution in [2.75, 3.05) is 23.3 Å². The van der Waals surface area contributed by atoms with Gasteiger partial charge in [-0.3, -0.25) is 14.2 Å². The monoisotopic (exact) mass is 418 g/mol. The first-order valence-electron chi connectivity index (χ1n) is 11.3. The van der Waals surface area contributed by atoms with Crippen molar-refractivity contribution in [1.82, 2.24) is 9.55 Å². The zero-order valence-electron chi connectivity index (χ0n) is 18.4. The summed E-state index contributed by atoms with van der Waals surface area (Å²) in [4.78, 5) is 32.8. The van der Waals surface area contributed by atoms with Crippen LogP contribution in [-0.4, -0.2) is 28.5 Å². The van der Waals surface area contributed by atoms with Gasteiger partial charge >= 0.3 is 0 Å². The molecule has 0 saturated heterocycles. The van der Waals surface area contributed by atoms with Gasteiger partial charge in [0.05, 0.1) is 10.9 Å². The number of carbonyl (C=O) groups excluding carboxylic acids is 1. The van der Waals surface area contributed by atoms with Crippen LogP contribution in [0.2, 0.25) is 0 Å². The average Bonchev–Trinajstić information content (AvgIpc) is 2.77. The molecule has 2 heterocycles. The number of nitrogens with zero attached hydrogens (tertiary/aromatic N) is 3. The Balaban J connectivity index is 1.58. The van der Waals surface area contributed by atoms with Gasteiger partial charge in [0.25, 0.3) is 11.5 Å². The summed E-state index contributed by atoms with van der Waals surface area (Å²) in [5.74, 6) is 0.632. The molecule has 0 spiro atoms. The van der Waals surface area contributed by atoms with E-state index in [4.69, 9.17) is 4.98 Å². The number of aryl methyl sites for hydroxylation is 1. The molecule has 1 aliphatic rings. The van der Waals surface area contributed by atoms with E-state index in [-0.39, 0.29) is 11.5 Å². The van der Waals surface area contributed by atoms with Crippen molar-refractivity contribution >= 4 is 28.2 Å². The molecule has 0 aliphatic carbocycles. The summed E-state index contributed by atoms with van der Waals surface area (Å²) < 4.78 is 1.82. The summed E-state index contributed by atoms with van der Waals surface area (Å²) in [7, 11) is 0. The molecule has 0 radical (unpaired) electrons. The lowest BCUT2D eigenvalue weighted by atomic mass is 10.1. The van der Waals surface area contributed by atoms with Crippen molar-refractivity contribution in [3.05, 3.63) is 64.2 Å². The zero-order valence-corrected chi connectivity index (χ0v) is 18.4. The molecule has 3 aromatic rings. The van der Waals surface area contributed by atoms with E-state index in [9.17, 15) is 9.59 Å². The van der Waals surface area contributed by atoms with Gasteiger partial charge in [-0.15, -0.1) is 0 Å². The largest absolute Gasteiger partial charge is 0.372 e. The third kappa shape index (κ3) is 4.48. The van der Waals surface area contributed by atoms with Crippen LogP contribution < -0.4 is 15.8 Å². The molecule has 0 bridgehead atoms. The third-order valence-electron chi connectivity index (χ3n) is 6.08. The molecule has 1 aliphatic heterocycles. The van der Waals surface area contributed by atoms with Gasteiger partial charge in [0.15, 0.2) is 0 Å². The Bertz CT molecular complexity index is 1130. The van der Waals surface area contributed by atoms with Crippen LogP contribution in [0.25, 0.3) is 10.9 Å². The van der Waals surface area contributed by atoms with Crippen LogP contribution in [0.15, 0.2) is 47.3 Å². The maximum absolute atomic E-state index is 13.0. The smallest absolute Gasteiger partial charge is 0.261 e. The molecule has 1 aromatic heterocycles. The summed E-state index contributed by atoms with van der Waals surface area (Å²) in [6.45, 7) is 6.85. The fourth-order valence-electron chi connectivity index (χ4n) is 4.28. The Morgan fingerprint density at radius 3 is 2.52 bits per heavy atom. The number of anilines is 2. The van der Waals surface area contributed by atoms with Gasteiger partial charge in [-0.2, -0.15) is 0 Å². The third-order valence-corrected chi connectivity index (χ3v) is 6.08. The van der Waals surface area contributed by atoms with E-state index < -0.39 is 0 Å². The van der Waals surface area contributed by atoms with Gasteiger partial charge in [0.1, 0.15) is 5.82 Å². The topological polar surface area (TPSA) is 67.2 Å². The Morgan fingerprint density at radius 2 is 1.77 bits per heavy atom. The number of nitrogens with one attached hydrogen (secondary N) is 1. The van der Waals surface area contributed by atoms with Crippen LogP contribution in [0.3, 0.4) is 0 Å². The van der Waals surface area contributed by atoms with Crippen LogP contribution in [0.4, 0.5) is 11.4 Å². The predicted octanol–water partition coefficient (Wildman–Crippen LogP) is 4.61. The molecule has 162 valence electrons. The molecule has 6 heteroatoms. The quantitative estimate of drug-likeness (QED) is 0.657. The number of hydrogen-bond acceptors (Lipinski definition) is 4. The molecule has 0 saturated carbocycles. The maximum Gasteiger partial charge on any atom is 0.261 e. The minimum atomic E-state index is -0.203. The van der Waals surface area contributed by atoms with Crippen LogP contribution in [0.5, 0.6) is 0 Å². The minimum absolute atomic E-state index is 0.000787. The molecule has 2 aromatic carbocycles. The zero-order chi connectivity index (χ0) is 21.8. The predicted molar refractivity (Wildman–Crippen MR) is 126 cm³/mol. The molecular weight excluding hydrogens is 388 g/mol. The van der Waals surface area contributed by atoms with E-state index in [1.54, 1.807) is 18.2 Å². The standard InChI is InChI=1S/C25H30N4O2/c1-3-28(4-2)20-13-11-19(12-14-20)26-24(30)18-10-15-21-22(17-18)27-23-9-7-5-6-8-16-29(23)25(21)31/h10-15,17H,3-9,16H2,1-2H3,(H,26,30). The molecule has 0 atom stereocenters. The highest BCUT2D eigenvalue weighted by atomic mass is 16.1. The van der Waals surface area contributed by atoms with Gasteiger partial charge in [-0.1, -0.05) is 12.8 Å². The lowest BCUT2D eigenvalue weighted by Crippen LogP contribution is -2.26. The number of benzene rings is 2. The number of fused-ring (bicyclic) bond motifs is 2. The molecule has 31 heavy (non-hydrogen) atoms. The van der Waals surface area contributed by atoms with Crippen molar-refractivity contribution in [3.8, 4) is 0 Å². The van der Waals surface area contributed by atoms with E-state index in [1.165, 1.54) is 6.42 Å². The second-order valence-corrected chi connectivity index (χ2v) is 8.05. The molecule has 6 nitrogen and oxygen atoms in total. The average molecular weight is 419 g/mol. The number of hydrogen-bond donors (Lipinski definition) is 1. The summed E-state index contributed by atoms with van der Waals surface area (Å²) in [6.07, 6.45) is 5.18. The number of aromatic nitrogens is 2. The van der Waals surface area contributed by atoms with E-state index in [2.05, 4.69) is 24.1 Å². The summed E-state index contributed by atoms with van der Waals surface area (Å²) in [5.41, 5.74) is 2.98. The van der Waals surface area contributed by atoms with Crippen LogP contribution in [-0.2, 0) is 13.0 Å². The van der Waals surface area contributed by atoms with Crippen LogP contribution in [0, 0.1) is 0 Å². The van der Waals surface area contributed by atoms with Gasteiger partial charge < -0.3 is 10.2 Å². The molecule has 0 fully saturated rings. The van der Waals surface area contributed by atoms with Gasteiger partial charge in [0, 0.05) is 43.0 Å². The maximum atomic E-state index is 13.0. The van der Waals surface area contributed by atoms with Crippen LogP contribution >= 0.6 is 0 Å². The van der Waals surface area contributed by atoms with Gasteiger partial charge in [-0.05, 0) is 69.2 Å². The normalized spacial score (nSPS) is 13.9. The lowest BCUT2D eigenvalue weighted by molar-refractivity contribution is 0.102. The van der Waals surface area contributed by atoms with Crippen molar-refractivity contribution in [1.29, 1.82) is 0 Å². The summed E-state index contributed by atoms with van der Waals surface area (Å²) in [5, 5.41) is 3.53.